The van der Waals surface area contributed by atoms with Crippen LogP contribution in [0.1, 0.15) is 44.7 Å². The van der Waals surface area contributed by atoms with Crippen molar-refractivity contribution in [2.75, 3.05) is 18.1 Å². The second kappa shape index (κ2) is 10.1. The van der Waals surface area contributed by atoms with Crippen LogP contribution in [0, 0.1) is 11.7 Å². The summed E-state index contributed by atoms with van der Waals surface area (Å²) < 4.78 is 26.3. The van der Waals surface area contributed by atoms with Gasteiger partial charge in [-0.05, 0) is 51.0 Å². The molecule has 8 heteroatoms. The lowest BCUT2D eigenvalue weighted by Gasteiger charge is -2.35. The lowest BCUT2D eigenvalue weighted by Crippen LogP contribution is -2.50. The van der Waals surface area contributed by atoms with Crippen molar-refractivity contribution in [3.8, 4) is 11.6 Å². The maximum absolute atomic E-state index is 14.7. The molecule has 178 valence electrons. The molecule has 7 nitrogen and oxygen atoms in total. The number of aliphatic hydroxyl groups is 2. The highest BCUT2D eigenvalue weighted by atomic mass is 19.1. The SMILES string of the molecule is C=CCC(O)CCc1ncc(N2CC[C@@H](Oc3ccc(OCC4CC4)nc3)C2(C)O)cc1F. The summed E-state index contributed by atoms with van der Waals surface area (Å²) in [6, 6.07) is 4.93. The first-order valence-electron chi connectivity index (χ1n) is 11.6. The molecular weight excluding hydrogens is 425 g/mol. The molecule has 0 aromatic carbocycles. The van der Waals surface area contributed by atoms with E-state index in [1.807, 2.05) is 0 Å². The summed E-state index contributed by atoms with van der Waals surface area (Å²) in [6.45, 7) is 6.44. The molecule has 3 atom stereocenters. The van der Waals surface area contributed by atoms with Gasteiger partial charge in [0.25, 0.3) is 0 Å². The van der Waals surface area contributed by atoms with Crippen LogP contribution in [0.15, 0.2) is 43.2 Å². The van der Waals surface area contributed by atoms with Crippen molar-refractivity contribution in [3.05, 3.63) is 54.8 Å². The van der Waals surface area contributed by atoms with Crippen molar-refractivity contribution in [2.24, 2.45) is 5.92 Å². The number of hydrogen-bond donors (Lipinski definition) is 2. The third-order valence-corrected chi connectivity index (χ3v) is 6.29. The van der Waals surface area contributed by atoms with Crippen molar-refractivity contribution in [2.45, 2.75) is 63.4 Å². The number of hydrogen-bond acceptors (Lipinski definition) is 7. The second-order valence-electron chi connectivity index (χ2n) is 9.07. The maximum atomic E-state index is 14.7. The Kier molecular flexibility index (Phi) is 7.14. The predicted molar refractivity (Wildman–Crippen MR) is 123 cm³/mol. The largest absolute Gasteiger partial charge is 0.484 e. The predicted octanol–water partition coefficient (Wildman–Crippen LogP) is 3.64. The van der Waals surface area contributed by atoms with E-state index in [-0.39, 0.29) is 0 Å². The number of aliphatic hydroxyl groups excluding tert-OH is 1. The van der Waals surface area contributed by atoms with E-state index in [0.717, 1.165) is 0 Å². The van der Waals surface area contributed by atoms with E-state index >= 15 is 0 Å². The van der Waals surface area contributed by atoms with Gasteiger partial charge in [0.2, 0.25) is 5.88 Å². The topological polar surface area (TPSA) is 87.9 Å². The Balaban J connectivity index is 1.36. The van der Waals surface area contributed by atoms with E-state index in [9.17, 15) is 14.6 Å². The van der Waals surface area contributed by atoms with Gasteiger partial charge in [-0.25, -0.2) is 9.37 Å². The fourth-order valence-electron chi connectivity index (χ4n) is 4.06. The highest BCUT2D eigenvalue weighted by molar-refractivity contribution is 5.49. The molecular formula is C25H32FN3O4. The standard InChI is InChI=1S/C25H32FN3O4/c1-3-4-19(30)7-9-22-21(26)13-18(14-27-22)29-12-11-23(25(29,2)31)33-20-8-10-24(28-15-20)32-16-17-5-6-17/h3,8,10,13-15,17,19,23,30-31H,1,4-7,9,11-12,16H2,2H3/t19?,23-,25?/m1/s1. The molecule has 2 aliphatic rings. The van der Waals surface area contributed by atoms with Gasteiger partial charge in [-0.3, -0.25) is 4.98 Å². The van der Waals surface area contributed by atoms with Crippen LogP contribution < -0.4 is 14.4 Å². The lowest BCUT2D eigenvalue weighted by molar-refractivity contribution is -0.0235. The van der Waals surface area contributed by atoms with Crippen LogP contribution in [0.5, 0.6) is 11.6 Å². The molecule has 3 heterocycles. The minimum Gasteiger partial charge on any atom is -0.484 e. The zero-order chi connectivity index (χ0) is 23.4. The minimum absolute atomic E-state index is 0.295. The highest BCUT2D eigenvalue weighted by Crippen LogP contribution is 2.35. The molecule has 2 fully saturated rings. The van der Waals surface area contributed by atoms with Crippen LogP contribution in [-0.2, 0) is 6.42 Å². The van der Waals surface area contributed by atoms with Gasteiger partial charge in [-0.1, -0.05) is 6.08 Å². The Labute approximate surface area is 193 Å². The summed E-state index contributed by atoms with van der Waals surface area (Å²) in [6.07, 6.45) is 7.91. The van der Waals surface area contributed by atoms with Crippen molar-refractivity contribution < 1.29 is 24.1 Å². The van der Waals surface area contributed by atoms with Gasteiger partial charge in [0.1, 0.15) is 17.7 Å². The maximum Gasteiger partial charge on any atom is 0.213 e. The minimum atomic E-state index is -1.35. The van der Waals surface area contributed by atoms with Crippen molar-refractivity contribution >= 4 is 5.69 Å². The van der Waals surface area contributed by atoms with Gasteiger partial charge in [-0.15, -0.1) is 6.58 Å². The fraction of sp³-hybridized carbons (Fsp3) is 0.520. The second-order valence-corrected chi connectivity index (χ2v) is 9.07. The molecule has 2 unspecified atom stereocenters. The number of aromatic nitrogens is 2. The van der Waals surface area contributed by atoms with E-state index in [2.05, 4.69) is 16.5 Å². The Morgan fingerprint density at radius 2 is 2.12 bits per heavy atom. The molecule has 4 rings (SSSR count). The van der Waals surface area contributed by atoms with Gasteiger partial charge in [0, 0.05) is 25.1 Å². The molecule has 2 aromatic rings. The molecule has 1 saturated carbocycles. The van der Waals surface area contributed by atoms with E-state index in [1.165, 1.54) is 18.9 Å². The number of ether oxygens (including phenoxy) is 2. The van der Waals surface area contributed by atoms with Gasteiger partial charge in [0.15, 0.2) is 5.72 Å². The number of anilines is 1. The molecule has 0 amide bonds. The fourth-order valence-corrected chi connectivity index (χ4v) is 4.06. The zero-order valence-electron chi connectivity index (χ0n) is 19.0. The van der Waals surface area contributed by atoms with Gasteiger partial charge < -0.3 is 24.6 Å². The van der Waals surface area contributed by atoms with Crippen LogP contribution in [0.2, 0.25) is 0 Å². The molecule has 1 aliphatic carbocycles. The summed E-state index contributed by atoms with van der Waals surface area (Å²) in [5, 5.41) is 21.0. The van der Waals surface area contributed by atoms with Crippen molar-refractivity contribution in [3.63, 3.8) is 0 Å². The van der Waals surface area contributed by atoms with Crippen LogP contribution in [0.3, 0.4) is 0 Å². The summed E-state index contributed by atoms with van der Waals surface area (Å²) in [4.78, 5) is 10.2. The summed E-state index contributed by atoms with van der Waals surface area (Å²) in [5.74, 6) is 1.30. The number of pyridine rings is 2. The molecule has 0 bridgehead atoms. The number of halogens is 1. The van der Waals surface area contributed by atoms with Gasteiger partial charge >= 0.3 is 0 Å². The lowest BCUT2D eigenvalue weighted by atomic mass is 10.1. The molecule has 0 spiro atoms. The van der Waals surface area contributed by atoms with Gasteiger partial charge in [0.05, 0.1) is 36.5 Å². The average Bonchev–Trinajstić information content (AvgIpc) is 3.57. The Morgan fingerprint density at radius 1 is 1.30 bits per heavy atom. The first-order valence-corrected chi connectivity index (χ1v) is 11.6. The van der Waals surface area contributed by atoms with Crippen LogP contribution in [0.4, 0.5) is 10.1 Å². The van der Waals surface area contributed by atoms with E-state index in [1.54, 1.807) is 42.4 Å². The third kappa shape index (κ3) is 5.81. The number of rotatable bonds is 11. The molecule has 33 heavy (non-hydrogen) atoms. The molecule has 1 aliphatic heterocycles. The van der Waals surface area contributed by atoms with Crippen molar-refractivity contribution in [1.82, 2.24) is 9.97 Å². The molecule has 2 N–H and O–H groups in total. The quantitative estimate of drug-likeness (QED) is 0.498. The van der Waals surface area contributed by atoms with E-state index < -0.39 is 23.8 Å². The highest BCUT2D eigenvalue weighted by Gasteiger charge is 2.46. The number of nitrogens with zero attached hydrogens (tertiary/aromatic N) is 3. The molecule has 1 saturated heterocycles. The van der Waals surface area contributed by atoms with E-state index in [0.29, 0.717) is 67.8 Å². The number of aryl methyl sites for hydroxylation is 1. The summed E-state index contributed by atoms with van der Waals surface area (Å²) in [7, 11) is 0. The smallest absolute Gasteiger partial charge is 0.213 e. The Bertz CT molecular complexity index is 949. The van der Waals surface area contributed by atoms with Crippen molar-refractivity contribution in [1.29, 1.82) is 0 Å². The summed E-state index contributed by atoms with van der Waals surface area (Å²) in [5.41, 5.74) is -0.568. The first kappa shape index (κ1) is 23.4. The third-order valence-electron chi connectivity index (χ3n) is 6.29. The Hall–Kier alpha value is -2.71. The van der Waals surface area contributed by atoms with Gasteiger partial charge in [-0.2, -0.15) is 0 Å². The Morgan fingerprint density at radius 3 is 2.79 bits per heavy atom. The van der Waals surface area contributed by atoms with Crippen LogP contribution >= 0.6 is 0 Å². The first-order chi connectivity index (χ1) is 15.9. The van der Waals surface area contributed by atoms with Crippen LogP contribution in [0.25, 0.3) is 0 Å². The zero-order valence-corrected chi connectivity index (χ0v) is 19.0. The molecule has 0 radical (unpaired) electrons. The van der Waals surface area contributed by atoms with Crippen LogP contribution in [-0.4, -0.2) is 51.3 Å². The average molecular weight is 458 g/mol. The monoisotopic (exact) mass is 457 g/mol. The summed E-state index contributed by atoms with van der Waals surface area (Å²) >= 11 is 0. The normalized spacial score (nSPS) is 23.4. The molecule has 2 aromatic heterocycles. The van der Waals surface area contributed by atoms with E-state index in [4.69, 9.17) is 9.47 Å².